The van der Waals surface area contributed by atoms with Crippen LogP contribution in [0.1, 0.15) is 42.5 Å². The van der Waals surface area contributed by atoms with Crippen LogP contribution in [0.3, 0.4) is 0 Å². The van der Waals surface area contributed by atoms with Gasteiger partial charge in [0, 0.05) is 5.69 Å². The van der Waals surface area contributed by atoms with E-state index >= 15 is 0 Å². The summed E-state index contributed by atoms with van der Waals surface area (Å²) in [5.41, 5.74) is 3.31. The molecule has 1 heterocycles. The average Bonchev–Trinajstić information content (AvgIpc) is 2.89. The summed E-state index contributed by atoms with van der Waals surface area (Å²) in [6, 6.07) is 12.8. The summed E-state index contributed by atoms with van der Waals surface area (Å²) in [6.07, 6.45) is 2.00. The van der Waals surface area contributed by atoms with Crippen LogP contribution in [0.15, 0.2) is 42.5 Å². The van der Waals surface area contributed by atoms with E-state index < -0.39 is 23.4 Å². The second-order valence-electron chi connectivity index (χ2n) is 7.76. The van der Waals surface area contributed by atoms with Gasteiger partial charge >= 0.3 is 6.03 Å². The Morgan fingerprint density at radius 3 is 2.45 bits per heavy atom. The minimum Gasteiger partial charge on any atom is -0.324 e. The maximum absolute atomic E-state index is 13.0. The number of amides is 4. The summed E-state index contributed by atoms with van der Waals surface area (Å²) in [4.78, 5) is 39.0. The van der Waals surface area contributed by atoms with Crippen LogP contribution >= 0.6 is 0 Å². The first-order valence-corrected chi connectivity index (χ1v) is 9.85. The second-order valence-corrected chi connectivity index (χ2v) is 7.76. The lowest BCUT2D eigenvalue weighted by Gasteiger charge is -2.22. The number of carbonyl (C=O) groups excluding carboxylic acids is 3. The van der Waals surface area contributed by atoms with E-state index in [0.29, 0.717) is 11.3 Å². The number of anilines is 1. The normalized spacial score (nSPS) is 18.7. The zero-order valence-corrected chi connectivity index (χ0v) is 17.3. The fraction of sp³-hybridized carbons (Fsp3) is 0.348. The van der Waals surface area contributed by atoms with E-state index in [1.807, 2.05) is 56.3 Å². The van der Waals surface area contributed by atoms with Crippen LogP contribution in [0.4, 0.5) is 10.5 Å². The third-order valence-corrected chi connectivity index (χ3v) is 5.31. The van der Waals surface area contributed by atoms with Crippen molar-refractivity contribution in [3.05, 3.63) is 64.7 Å². The van der Waals surface area contributed by atoms with Crippen LogP contribution in [-0.4, -0.2) is 29.3 Å². The van der Waals surface area contributed by atoms with Crippen LogP contribution in [0.2, 0.25) is 0 Å². The lowest BCUT2D eigenvalue weighted by atomic mass is 9.91. The van der Waals surface area contributed by atoms with Crippen molar-refractivity contribution in [2.75, 3.05) is 11.9 Å². The smallest absolute Gasteiger partial charge is 0.324 e. The van der Waals surface area contributed by atoms with Crippen molar-refractivity contribution in [2.24, 2.45) is 0 Å². The lowest BCUT2D eigenvalue weighted by Crippen LogP contribution is -2.42. The first-order valence-electron chi connectivity index (χ1n) is 9.85. The van der Waals surface area contributed by atoms with Crippen LogP contribution in [0.25, 0.3) is 0 Å². The zero-order chi connectivity index (χ0) is 21.2. The van der Waals surface area contributed by atoms with Crippen molar-refractivity contribution in [2.45, 2.75) is 46.1 Å². The number of nitrogens with zero attached hydrogens (tertiary/aromatic N) is 1. The van der Waals surface area contributed by atoms with E-state index in [-0.39, 0.29) is 6.54 Å². The van der Waals surface area contributed by atoms with Crippen molar-refractivity contribution in [3.8, 4) is 0 Å². The summed E-state index contributed by atoms with van der Waals surface area (Å²) < 4.78 is 0. The number of rotatable bonds is 6. The molecule has 1 aliphatic rings. The molecule has 152 valence electrons. The predicted octanol–water partition coefficient (Wildman–Crippen LogP) is 3.66. The highest BCUT2D eigenvalue weighted by molar-refractivity contribution is 6.10. The molecule has 0 bridgehead atoms. The molecule has 0 aliphatic carbocycles. The van der Waals surface area contributed by atoms with Crippen molar-refractivity contribution in [1.29, 1.82) is 0 Å². The molecule has 1 saturated heterocycles. The Morgan fingerprint density at radius 2 is 1.79 bits per heavy atom. The molecule has 0 radical (unpaired) electrons. The Morgan fingerprint density at radius 1 is 1.10 bits per heavy atom. The van der Waals surface area contributed by atoms with E-state index in [0.717, 1.165) is 28.9 Å². The molecule has 2 aromatic carbocycles. The molecule has 4 amide bonds. The van der Waals surface area contributed by atoms with E-state index in [4.69, 9.17) is 0 Å². The van der Waals surface area contributed by atoms with Gasteiger partial charge in [0.05, 0.1) is 0 Å². The van der Waals surface area contributed by atoms with Crippen LogP contribution in [-0.2, 0) is 21.5 Å². The summed E-state index contributed by atoms with van der Waals surface area (Å²) >= 11 is 0. The predicted molar refractivity (Wildman–Crippen MR) is 113 cm³/mol. The van der Waals surface area contributed by atoms with Gasteiger partial charge < -0.3 is 10.6 Å². The molecular weight excluding hydrogens is 366 g/mol. The summed E-state index contributed by atoms with van der Waals surface area (Å²) in [6.45, 7) is 7.27. The first kappa shape index (κ1) is 20.6. The molecule has 1 aliphatic heterocycles. The molecular formula is C23H27N3O3. The Balaban J connectivity index is 1.74. The van der Waals surface area contributed by atoms with Gasteiger partial charge in [0.1, 0.15) is 12.1 Å². The van der Waals surface area contributed by atoms with Crippen LogP contribution < -0.4 is 10.6 Å². The highest BCUT2D eigenvalue weighted by atomic mass is 16.2. The molecule has 0 spiro atoms. The summed E-state index contributed by atoms with van der Waals surface area (Å²) in [5.74, 6) is -0.841. The Labute approximate surface area is 171 Å². The molecule has 0 aromatic heterocycles. The molecule has 6 nitrogen and oxygen atoms in total. The summed E-state index contributed by atoms with van der Waals surface area (Å²) in [7, 11) is 0. The van der Waals surface area contributed by atoms with Gasteiger partial charge in [0.25, 0.3) is 5.91 Å². The third kappa shape index (κ3) is 4.16. The monoisotopic (exact) mass is 393 g/mol. The molecule has 3 rings (SSSR count). The topological polar surface area (TPSA) is 78.5 Å². The number of nitrogens with one attached hydrogen (secondary N) is 2. The number of aryl methyl sites for hydroxylation is 3. The molecule has 29 heavy (non-hydrogen) atoms. The quantitative estimate of drug-likeness (QED) is 0.735. The van der Waals surface area contributed by atoms with E-state index in [1.165, 1.54) is 5.56 Å². The third-order valence-electron chi connectivity index (χ3n) is 5.31. The molecule has 2 aromatic rings. The zero-order valence-electron chi connectivity index (χ0n) is 17.3. The van der Waals surface area contributed by atoms with Gasteiger partial charge in [0.2, 0.25) is 5.91 Å². The fourth-order valence-electron chi connectivity index (χ4n) is 3.53. The molecule has 6 heteroatoms. The molecule has 2 N–H and O–H groups in total. The molecule has 1 atom stereocenters. The van der Waals surface area contributed by atoms with Gasteiger partial charge in [-0.05, 0) is 55.5 Å². The Hall–Kier alpha value is -3.15. The fourth-order valence-corrected chi connectivity index (χ4v) is 3.53. The second kappa shape index (κ2) is 8.07. The van der Waals surface area contributed by atoms with Gasteiger partial charge in [0.15, 0.2) is 0 Å². The number of benzene rings is 2. The minimum absolute atomic E-state index is 0.332. The molecule has 1 fully saturated rings. The van der Waals surface area contributed by atoms with E-state index in [2.05, 4.69) is 17.6 Å². The van der Waals surface area contributed by atoms with E-state index in [1.54, 1.807) is 6.92 Å². The maximum atomic E-state index is 13.0. The number of carbonyl (C=O) groups is 3. The minimum atomic E-state index is -1.18. The number of hydrogen-bond acceptors (Lipinski definition) is 3. The van der Waals surface area contributed by atoms with Gasteiger partial charge in [-0.2, -0.15) is 0 Å². The van der Waals surface area contributed by atoms with Crippen LogP contribution in [0.5, 0.6) is 0 Å². The van der Waals surface area contributed by atoms with Crippen molar-refractivity contribution in [3.63, 3.8) is 0 Å². The van der Waals surface area contributed by atoms with Gasteiger partial charge in [-0.15, -0.1) is 0 Å². The van der Waals surface area contributed by atoms with Crippen molar-refractivity contribution in [1.82, 2.24) is 10.2 Å². The van der Waals surface area contributed by atoms with Crippen molar-refractivity contribution >= 4 is 23.5 Å². The molecule has 0 unspecified atom stereocenters. The highest BCUT2D eigenvalue weighted by Crippen LogP contribution is 2.29. The number of hydrogen-bond donors (Lipinski definition) is 2. The Kier molecular flexibility index (Phi) is 5.73. The molecule has 0 saturated carbocycles. The largest absolute Gasteiger partial charge is 0.325 e. The maximum Gasteiger partial charge on any atom is 0.325 e. The number of urea groups is 1. The highest BCUT2D eigenvalue weighted by Gasteiger charge is 2.49. The van der Waals surface area contributed by atoms with Crippen molar-refractivity contribution < 1.29 is 14.4 Å². The van der Waals surface area contributed by atoms with Gasteiger partial charge in [-0.1, -0.05) is 49.7 Å². The SMILES string of the molecule is CCCc1ccc([C@]2(C)NC(=O)N(CC(=O)Nc3cc(C)ccc3C)C2=O)cc1. The van der Waals surface area contributed by atoms with Gasteiger partial charge in [-0.25, -0.2) is 4.79 Å². The van der Waals surface area contributed by atoms with E-state index in [9.17, 15) is 14.4 Å². The standard InChI is InChI=1S/C23H27N3O3/c1-5-6-17-9-11-18(12-10-17)23(4)21(28)26(22(29)25-23)14-20(27)24-19-13-15(2)7-8-16(19)3/h7-13H,5-6,14H2,1-4H3,(H,24,27)(H,25,29)/t23-/m0/s1. The summed E-state index contributed by atoms with van der Waals surface area (Å²) in [5, 5.41) is 5.54. The van der Waals surface area contributed by atoms with Crippen LogP contribution in [0, 0.1) is 13.8 Å². The first-order chi connectivity index (χ1) is 13.7. The lowest BCUT2D eigenvalue weighted by molar-refractivity contribution is -0.133. The Bertz CT molecular complexity index is 952. The number of imide groups is 1. The van der Waals surface area contributed by atoms with Gasteiger partial charge in [-0.3, -0.25) is 14.5 Å². The average molecular weight is 393 g/mol.